The zero-order valence-corrected chi connectivity index (χ0v) is 18.0. The van der Waals surface area contributed by atoms with Gasteiger partial charge in [0.25, 0.3) is 5.56 Å². The van der Waals surface area contributed by atoms with E-state index in [2.05, 4.69) is 29.8 Å². The molecule has 12 heteroatoms. The van der Waals surface area contributed by atoms with Crippen molar-refractivity contribution >= 4 is 30.6 Å². The molecule has 2 heterocycles. The quantitative estimate of drug-likeness (QED) is 0.318. The van der Waals surface area contributed by atoms with Crippen molar-refractivity contribution in [3.05, 3.63) is 45.5 Å². The Morgan fingerprint density at radius 1 is 1.15 bits per heavy atom. The molecule has 3 rings (SSSR count). The number of H-pyrrole nitrogens is 1. The number of phosphoric ester groups is 1. The van der Waals surface area contributed by atoms with Gasteiger partial charge in [-0.15, -0.1) is 0 Å². The molecule has 10 nitrogen and oxygen atoms in total. The van der Waals surface area contributed by atoms with Crippen LogP contribution in [-0.4, -0.2) is 29.7 Å². The first-order valence-electron chi connectivity index (χ1n) is 7.50. The minimum Gasteiger partial charge on any atom is -1.00 e. The SMILES string of the molecule is Cc1nc(Nc2nc(C)c3ccc(OP(=O)(O)O)cc3n2)[nH]c(=O)c1C.[H-].[Na+]. The molecule has 2 aromatic heterocycles. The number of rotatable bonds is 4. The van der Waals surface area contributed by atoms with E-state index in [1.54, 1.807) is 26.8 Å². The predicted octanol–water partition coefficient (Wildman–Crippen LogP) is -1.03. The molecule has 4 N–H and O–H groups in total. The van der Waals surface area contributed by atoms with E-state index < -0.39 is 7.82 Å². The number of phosphoric acid groups is 1. The molecule has 1 aromatic carbocycles. The molecule has 0 aliphatic carbocycles. The molecule has 0 bridgehead atoms. The van der Waals surface area contributed by atoms with E-state index in [-0.39, 0.29) is 54.2 Å². The van der Waals surface area contributed by atoms with Crippen LogP contribution in [0.1, 0.15) is 18.4 Å². The van der Waals surface area contributed by atoms with Gasteiger partial charge in [-0.1, -0.05) is 0 Å². The fourth-order valence-electron chi connectivity index (χ4n) is 2.33. The summed E-state index contributed by atoms with van der Waals surface area (Å²) in [5, 5.41) is 3.52. The van der Waals surface area contributed by atoms with Crippen LogP contribution in [0, 0.1) is 20.8 Å². The second-order valence-electron chi connectivity index (χ2n) is 5.64. The molecule has 138 valence electrons. The van der Waals surface area contributed by atoms with E-state index in [0.29, 0.717) is 27.9 Å². The zero-order valence-electron chi connectivity index (χ0n) is 16.1. The Morgan fingerprint density at radius 2 is 1.85 bits per heavy atom. The Morgan fingerprint density at radius 3 is 2.48 bits per heavy atom. The topological polar surface area (TPSA) is 150 Å². The van der Waals surface area contributed by atoms with Crippen molar-refractivity contribution in [2.24, 2.45) is 0 Å². The summed E-state index contributed by atoms with van der Waals surface area (Å²) in [5.41, 5.74) is 1.87. The summed E-state index contributed by atoms with van der Waals surface area (Å²) in [6.45, 7) is 5.15. The molecule has 3 aromatic rings. The van der Waals surface area contributed by atoms with Gasteiger partial charge in [-0.25, -0.2) is 19.5 Å². The second kappa shape index (κ2) is 8.05. The number of hydrogen-bond acceptors (Lipinski definition) is 7. The molecule has 0 unspecified atom stereocenters. The number of hydrogen-bond donors (Lipinski definition) is 4. The maximum atomic E-state index is 11.8. The van der Waals surface area contributed by atoms with Crippen LogP contribution in [0.3, 0.4) is 0 Å². The monoisotopic (exact) mass is 401 g/mol. The van der Waals surface area contributed by atoms with E-state index >= 15 is 0 Å². The smallest absolute Gasteiger partial charge is 1.00 e. The molecule has 0 aliphatic heterocycles. The van der Waals surface area contributed by atoms with Crippen molar-refractivity contribution in [1.82, 2.24) is 19.9 Å². The van der Waals surface area contributed by atoms with Crippen molar-refractivity contribution < 1.29 is 49.9 Å². The number of aromatic amines is 1. The Hall–Kier alpha value is -1.81. The Kier molecular flexibility index (Phi) is 6.41. The van der Waals surface area contributed by atoms with Gasteiger partial charge in [0.1, 0.15) is 5.75 Å². The minimum absolute atomic E-state index is 0. The van der Waals surface area contributed by atoms with Crippen LogP contribution in [0.2, 0.25) is 0 Å². The Bertz CT molecular complexity index is 1120. The molecule has 0 saturated heterocycles. The standard InChI is InChI=1S/C15H16N5O5P.Na.H/c1-7-8(2)16-15(19-13(7)21)20-14-17-9(3)11-5-4-10(6-12(11)18-14)25-26(22,23)24;;/h4-6H,1-3H3,(H2,22,23,24)(H2,16,17,18,19,20,21);;/q;+1;-1. The van der Waals surface area contributed by atoms with Crippen molar-refractivity contribution in [2.45, 2.75) is 20.8 Å². The van der Waals surface area contributed by atoms with Gasteiger partial charge in [-0.05, 0) is 32.9 Å². The van der Waals surface area contributed by atoms with E-state index in [1.807, 2.05) is 0 Å². The number of anilines is 2. The summed E-state index contributed by atoms with van der Waals surface area (Å²) >= 11 is 0. The van der Waals surface area contributed by atoms with Gasteiger partial charge in [-0.2, -0.15) is 0 Å². The molecule has 0 saturated carbocycles. The maximum absolute atomic E-state index is 11.8. The van der Waals surface area contributed by atoms with Gasteiger partial charge in [0.15, 0.2) is 0 Å². The van der Waals surface area contributed by atoms with Crippen molar-refractivity contribution in [3.63, 3.8) is 0 Å². The Balaban J connectivity index is 0.00000196. The number of aromatic nitrogens is 4. The number of aryl methyl sites for hydroxylation is 2. The van der Waals surface area contributed by atoms with Gasteiger partial charge >= 0.3 is 37.4 Å². The fraction of sp³-hybridized carbons (Fsp3) is 0.200. The summed E-state index contributed by atoms with van der Waals surface area (Å²) in [4.78, 5) is 45.1. The van der Waals surface area contributed by atoms with Crippen LogP contribution >= 0.6 is 7.82 Å². The summed E-state index contributed by atoms with van der Waals surface area (Å²) in [6.07, 6.45) is 0. The van der Waals surface area contributed by atoms with Crippen LogP contribution in [-0.2, 0) is 4.57 Å². The average Bonchev–Trinajstić information content (AvgIpc) is 2.50. The molecule has 27 heavy (non-hydrogen) atoms. The molecule has 0 amide bonds. The number of fused-ring (bicyclic) bond motifs is 1. The van der Waals surface area contributed by atoms with Gasteiger partial charge in [0.05, 0.1) is 11.2 Å². The van der Waals surface area contributed by atoms with Crippen LogP contribution < -0.4 is 45.0 Å². The number of nitrogens with zero attached hydrogens (tertiary/aromatic N) is 3. The zero-order chi connectivity index (χ0) is 19.1. The van der Waals surface area contributed by atoms with E-state index in [1.165, 1.54) is 12.1 Å². The Labute approximate surface area is 177 Å². The third-order valence-electron chi connectivity index (χ3n) is 3.71. The van der Waals surface area contributed by atoms with Crippen LogP contribution in [0.25, 0.3) is 10.9 Å². The van der Waals surface area contributed by atoms with Crippen molar-refractivity contribution in [2.75, 3.05) is 5.32 Å². The summed E-state index contributed by atoms with van der Waals surface area (Å²) < 4.78 is 15.6. The second-order valence-corrected chi connectivity index (χ2v) is 6.81. The first kappa shape index (κ1) is 21.5. The minimum atomic E-state index is -4.67. The van der Waals surface area contributed by atoms with Gasteiger partial charge in [-0.3, -0.25) is 24.9 Å². The number of benzene rings is 1. The van der Waals surface area contributed by atoms with E-state index in [0.717, 1.165) is 0 Å². The van der Waals surface area contributed by atoms with Crippen molar-refractivity contribution in [1.29, 1.82) is 0 Å². The summed E-state index contributed by atoms with van der Waals surface area (Å²) in [5.74, 6) is 0.349. The van der Waals surface area contributed by atoms with E-state index in [4.69, 9.17) is 9.79 Å². The summed E-state index contributed by atoms with van der Waals surface area (Å²) in [7, 11) is -4.67. The third-order valence-corrected chi connectivity index (χ3v) is 4.16. The molecule has 0 atom stereocenters. The first-order valence-corrected chi connectivity index (χ1v) is 9.03. The number of nitrogens with one attached hydrogen (secondary N) is 2. The fourth-order valence-corrected chi connectivity index (χ4v) is 2.72. The molecule has 0 aliphatic rings. The van der Waals surface area contributed by atoms with Crippen LogP contribution in [0.15, 0.2) is 23.0 Å². The predicted molar refractivity (Wildman–Crippen MR) is 95.7 cm³/mol. The van der Waals surface area contributed by atoms with Gasteiger partial charge < -0.3 is 5.95 Å². The van der Waals surface area contributed by atoms with Crippen LogP contribution in [0.4, 0.5) is 11.9 Å². The largest absolute Gasteiger partial charge is 1.00 e. The normalized spacial score (nSPS) is 11.1. The first-order chi connectivity index (χ1) is 12.1. The third kappa shape index (κ3) is 5.13. The summed E-state index contributed by atoms with van der Waals surface area (Å²) in [6, 6.07) is 4.42. The molecular formula is C15H17N5NaO5P. The average molecular weight is 401 g/mol. The van der Waals surface area contributed by atoms with E-state index in [9.17, 15) is 9.36 Å². The van der Waals surface area contributed by atoms with Crippen molar-refractivity contribution in [3.8, 4) is 5.75 Å². The molecule has 0 fully saturated rings. The molecule has 0 spiro atoms. The molecular weight excluding hydrogens is 384 g/mol. The van der Waals surface area contributed by atoms with Crippen LogP contribution in [0.5, 0.6) is 5.75 Å². The van der Waals surface area contributed by atoms with Gasteiger partial charge in [0, 0.05) is 22.7 Å². The molecule has 0 radical (unpaired) electrons. The maximum Gasteiger partial charge on any atom is 1.00 e. The van der Waals surface area contributed by atoms with Gasteiger partial charge in [0.2, 0.25) is 11.9 Å².